The second-order valence-electron chi connectivity index (χ2n) is 3.34. The first-order chi connectivity index (χ1) is 7.26. The standard InChI is InChI=1S/C11H16BrNO2/c1-15-8-11(7-14)13-6-9-2-4-10(12)5-3-9/h2-5,11,13-14H,6-8H2,1H3. The minimum atomic E-state index is -0.00125. The van der Waals surface area contributed by atoms with Crippen molar-refractivity contribution in [3.8, 4) is 0 Å². The van der Waals surface area contributed by atoms with Crippen LogP contribution in [0.3, 0.4) is 0 Å². The number of rotatable bonds is 6. The third-order valence-electron chi connectivity index (χ3n) is 2.10. The van der Waals surface area contributed by atoms with Crippen LogP contribution in [0.25, 0.3) is 0 Å². The van der Waals surface area contributed by atoms with Gasteiger partial charge in [-0.1, -0.05) is 28.1 Å². The highest BCUT2D eigenvalue weighted by Crippen LogP contribution is 2.10. The van der Waals surface area contributed by atoms with Gasteiger partial charge in [0.1, 0.15) is 0 Å². The number of benzene rings is 1. The summed E-state index contributed by atoms with van der Waals surface area (Å²) >= 11 is 3.38. The topological polar surface area (TPSA) is 41.5 Å². The molecule has 0 fully saturated rings. The summed E-state index contributed by atoms with van der Waals surface area (Å²) in [5.74, 6) is 0. The monoisotopic (exact) mass is 273 g/mol. The second kappa shape index (κ2) is 6.95. The first-order valence-electron chi connectivity index (χ1n) is 4.84. The lowest BCUT2D eigenvalue weighted by molar-refractivity contribution is 0.128. The minimum Gasteiger partial charge on any atom is -0.395 e. The average Bonchev–Trinajstić information content (AvgIpc) is 2.26. The van der Waals surface area contributed by atoms with E-state index in [1.165, 1.54) is 5.56 Å². The molecule has 15 heavy (non-hydrogen) atoms. The number of aliphatic hydroxyl groups excluding tert-OH is 1. The zero-order chi connectivity index (χ0) is 11.1. The van der Waals surface area contributed by atoms with Crippen LogP contribution in [0.2, 0.25) is 0 Å². The van der Waals surface area contributed by atoms with Crippen molar-refractivity contribution in [2.75, 3.05) is 20.3 Å². The number of hydrogen-bond acceptors (Lipinski definition) is 3. The van der Waals surface area contributed by atoms with Crippen LogP contribution in [-0.4, -0.2) is 31.5 Å². The number of nitrogens with one attached hydrogen (secondary N) is 1. The number of halogens is 1. The summed E-state index contributed by atoms with van der Waals surface area (Å²) in [5.41, 5.74) is 1.19. The van der Waals surface area contributed by atoms with Crippen molar-refractivity contribution in [3.63, 3.8) is 0 Å². The second-order valence-corrected chi connectivity index (χ2v) is 4.26. The SMILES string of the molecule is COCC(CO)NCc1ccc(Br)cc1. The number of methoxy groups -OCH3 is 1. The molecular formula is C11H16BrNO2. The summed E-state index contributed by atoms with van der Waals surface area (Å²) in [6.45, 7) is 1.35. The molecule has 0 spiro atoms. The van der Waals surface area contributed by atoms with Crippen LogP contribution < -0.4 is 5.32 Å². The largest absolute Gasteiger partial charge is 0.395 e. The number of hydrogen-bond donors (Lipinski definition) is 2. The molecule has 1 unspecified atom stereocenters. The summed E-state index contributed by atoms with van der Waals surface area (Å²) in [6, 6.07) is 8.08. The Kier molecular flexibility index (Phi) is 5.86. The fourth-order valence-corrected chi connectivity index (χ4v) is 1.51. The first kappa shape index (κ1) is 12.6. The molecule has 1 aromatic rings. The van der Waals surface area contributed by atoms with Gasteiger partial charge in [-0.2, -0.15) is 0 Å². The van der Waals surface area contributed by atoms with Gasteiger partial charge in [0, 0.05) is 18.1 Å². The van der Waals surface area contributed by atoms with Crippen molar-refractivity contribution in [2.24, 2.45) is 0 Å². The summed E-state index contributed by atoms with van der Waals surface area (Å²) in [7, 11) is 1.63. The molecule has 0 radical (unpaired) electrons. The van der Waals surface area contributed by atoms with E-state index in [4.69, 9.17) is 9.84 Å². The molecule has 0 saturated heterocycles. The normalized spacial score (nSPS) is 12.7. The van der Waals surface area contributed by atoms with Crippen LogP contribution >= 0.6 is 15.9 Å². The first-order valence-corrected chi connectivity index (χ1v) is 5.63. The van der Waals surface area contributed by atoms with E-state index in [1.54, 1.807) is 7.11 Å². The highest BCUT2D eigenvalue weighted by atomic mass is 79.9. The van der Waals surface area contributed by atoms with Gasteiger partial charge in [0.25, 0.3) is 0 Å². The van der Waals surface area contributed by atoms with Gasteiger partial charge in [-0.25, -0.2) is 0 Å². The molecule has 3 nitrogen and oxygen atoms in total. The van der Waals surface area contributed by atoms with Crippen LogP contribution in [0, 0.1) is 0 Å². The molecule has 0 amide bonds. The van der Waals surface area contributed by atoms with Gasteiger partial charge in [0.05, 0.1) is 19.3 Å². The van der Waals surface area contributed by atoms with Crippen LogP contribution in [0.1, 0.15) is 5.56 Å². The summed E-state index contributed by atoms with van der Waals surface area (Å²) in [5, 5.41) is 12.2. The van der Waals surface area contributed by atoms with E-state index in [-0.39, 0.29) is 12.6 Å². The molecule has 0 aliphatic rings. The van der Waals surface area contributed by atoms with E-state index in [1.807, 2.05) is 24.3 Å². The minimum absolute atomic E-state index is 0.00125. The molecule has 2 N–H and O–H groups in total. The summed E-state index contributed by atoms with van der Waals surface area (Å²) < 4.78 is 6.04. The van der Waals surface area contributed by atoms with Crippen LogP contribution in [0.4, 0.5) is 0 Å². The maximum atomic E-state index is 9.03. The molecule has 0 heterocycles. The Hall–Kier alpha value is -0.420. The molecule has 0 aliphatic heterocycles. The Morgan fingerprint density at radius 2 is 2.07 bits per heavy atom. The number of ether oxygens (including phenoxy) is 1. The third-order valence-corrected chi connectivity index (χ3v) is 2.63. The van der Waals surface area contributed by atoms with Crippen molar-refractivity contribution < 1.29 is 9.84 Å². The van der Waals surface area contributed by atoms with Crippen molar-refractivity contribution in [2.45, 2.75) is 12.6 Å². The zero-order valence-electron chi connectivity index (χ0n) is 8.74. The van der Waals surface area contributed by atoms with E-state index in [2.05, 4.69) is 21.2 Å². The van der Waals surface area contributed by atoms with E-state index in [0.717, 1.165) is 11.0 Å². The molecule has 84 valence electrons. The molecule has 4 heteroatoms. The fourth-order valence-electron chi connectivity index (χ4n) is 1.24. The fraction of sp³-hybridized carbons (Fsp3) is 0.455. The van der Waals surface area contributed by atoms with E-state index < -0.39 is 0 Å². The Labute approximate surface area is 98.6 Å². The number of aliphatic hydroxyl groups is 1. The molecule has 1 aromatic carbocycles. The Bertz CT molecular complexity index is 276. The Morgan fingerprint density at radius 1 is 1.40 bits per heavy atom. The summed E-state index contributed by atoms with van der Waals surface area (Å²) in [4.78, 5) is 0. The van der Waals surface area contributed by atoms with Gasteiger partial charge in [-0.05, 0) is 17.7 Å². The van der Waals surface area contributed by atoms with Gasteiger partial charge < -0.3 is 15.2 Å². The van der Waals surface area contributed by atoms with Crippen molar-refractivity contribution in [1.29, 1.82) is 0 Å². The molecule has 1 rings (SSSR count). The van der Waals surface area contributed by atoms with E-state index in [0.29, 0.717) is 6.61 Å². The average molecular weight is 274 g/mol. The smallest absolute Gasteiger partial charge is 0.0638 e. The summed E-state index contributed by atoms with van der Waals surface area (Å²) in [6.07, 6.45) is 0. The molecule has 0 saturated carbocycles. The van der Waals surface area contributed by atoms with Crippen molar-refractivity contribution in [3.05, 3.63) is 34.3 Å². The Balaban J connectivity index is 2.38. The maximum Gasteiger partial charge on any atom is 0.0638 e. The van der Waals surface area contributed by atoms with Gasteiger partial charge in [-0.15, -0.1) is 0 Å². The van der Waals surface area contributed by atoms with Crippen molar-refractivity contribution >= 4 is 15.9 Å². The lowest BCUT2D eigenvalue weighted by atomic mass is 10.2. The highest BCUT2D eigenvalue weighted by molar-refractivity contribution is 9.10. The van der Waals surface area contributed by atoms with E-state index in [9.17, 15) is 0 Å². The van der Waals surface area contributed by atoms with Gasteiger partial charge in [0.2, 0.25) is 0 Å². The lowest BCUT2D eigenvalue weighted by Crippen LogP contribution is -2.35. The van der Waals surface area contributed by atoms with E-state index >= 15 is 0 Å². The molecular weight excluding hydrogens is 258 g/mol. The Morgan fingerprint density at radius 3 is 2.60 bits per heavy atom. The lowest BCUT2D eigenvalue weighted by Gasteiger charge is -2.15. The third kappa shape index (κ3) is 4.75. The van der Waals surface area contributed by atoms with Crippen LogP contribution in [0.5, 0.6) is 0 Å². The van der Waals surface area contributed by atoms with Gasteiger partial charge in [0.15, 0.2) is 0 Å². The highest BCUT2D eigenvalue weighted by Gasteiger charge is 2.05. The predicted octanol–water partition coefficient (Wildman–Crippen LogP) is 1.55. The predicted molar refractivity (Wildman–Crippen MR) is 63.7 cm³/mol. The molecule has 1 atom stereocenters. The maximum absolute atomic E-state index is 9.03. The quantitative estimate of drug-likeness (QED) is 0.827. The zero-order valence-corrected chi connectivity index (χ0v) is 10.3. The molecule has 0 aliphatic carbocycles. The van der Waals surface area contributed by atoms with Crippen molar-refractivity contribution in [1.82, 2.24) is 5.32 Å². The van der Waals surface area contributed by atoms with Gasteiger partial charge in [-0.3, -0.25) is 0 Å². The molecule has 0 aromatic heterocycles. The van der Waals surface area contributed by atoms with Crippen LogP contribution in [-0.2, 0) is 11.3 Å². The van der Waals surface area contributed by atoms with Crippen LogP contribution in [0.15, 0.2) is 28.7 Å². The molecule has 0 bridgehead atoms. The van der Waals surface area contributed by atoms with Gasteiger partial charge >= 0.3 is 0 Å².